The maximum absolute atomic E-state index is 14.3. The molecule has 1 aliphatic heterocycles. The van der Waals surface area contributed by atoms with Gasteiger partial charge in [0.2, 0.25) is 0 Å². The first-order chi connectivity index (χ1) is 17.9. The molecule has 3 aromatic rings. The number of para-hydroxylation sites is 1. The van der Waals surface area contributed by atoms with Crippen LogP contribution in [0.15, 0.2) is 66.3 Å². The molecule has 2 unspecified atom stereocenters. The van der Waals surface area contributed by atoms with Gasteiger partial charge in [0.25, 0.3) is 0 Å². The van der Waals surface area contributed by atoms with Crippen molar-refractivity contribution in [1.82, 2.24) is 15.1 Å². The number of nitrogens with one attached hydrogen (secondary N) is 1. The Hall–Kier alpha value is -3.86. The van der Waals surface area contributed by atoms with E-state index < -0.39 is 36.2 Å². The zero-order valence-electron chi connectivity index (χ0n) is 21.3. The molecule has 7 nitrogen and oxygen atoms in total. The second kappa shape index (κ2) is 10.1. The minimum Gasteiger partial charge on any atom is -0.496 e. The van der Waals surface area contributed by atoms with Crippen molar-refractivity contribution >= 4 is 17.4 Å². The van der Waals surface area contributed by atoms with Crippen molar-refractivity contribution in [2.75, 3.05) is 13.7 Å². The van der Waals surface area contributed by atoms with E-state index in [1.165, 1.54) is 37.0 Å². The lowest BCUT2D eigenvalue weighted by atomic mass is 9.75. The normalized spacial score (nSPS) is 21.6. The van der Waals surface area contributed by atoms with Gasteiger partial charge in [-0.15, -0.1) is 0 Å². The van der Waals surface area contributed by atoms with Gasteiger partial charge in [0.1, 0.15) is 17.4 Å². The van der Waals surface area contributed by atoms with Gasteiger partial charge < -0.3 is 20.5 Å². The standard InChI is InChI=1S/C27H29F4N5O2/c1-5-23(32)35-24-20(14-34-36(24)19-9-7-6-8-10-19)17(2)33-16-26(27(29,30)31)15-25(3,38-26)21-13-18(28)11-12-22(21)37-4/h6-14,33H,2,5,15-16H2,1,3-4H3,(H2,32,35). The number of ether oxygens (including phenoxy) is 2. The molecule has 4 rings (SSSR count). The monoisotopic (exact) mass is 531 g/mol. The minimum absolute atomic E-state index is 0.166. The van der Waals surface area contributed by atoms with Crippen LogP contribution in [-0.2, 0) is 10.3 Å². The number of aliphatic imine (C=N–C) groups is 1. The summed E-state index contributed by atoms with van der Waals surface area (Å²) >= 11 is 0. The van der Waals surface area contributed by atoms with Gasteiger partial charge in [0.15, 0.2) is 11.4 Å². The van der Waals surface area contributed by atoms with Crippen LogP contribution in [0.4, 0.5) is 23.4 Å². The van der Waals surface area contributed by atoms with Gasteiger partial charge in [-0.25, -0.2) is 14.1 Å². The molecule has 1 aromatic heterocycles. The van der Waals surface area contributed by atoms with E-state index in [0.717, 1.165) is 6.07 Å². The summed E-state index contributed by atoms with van der Waals surface area (Å²) in [5, 5.41) is 7.13. The van der Waals surface area contributed by atoms with Crippen molar-refractivity contribution in [3.63, 3.8) is 0 Å². The Morgan fingerprint density at radius 2 is 1.95 bits per heavy atom. The number of rotatable bonds is 9. The summed E-state index contributed by atoms with van der Waals surface area (Å²) in [5.41, 5.74) is 3.49. The van der Waals surface area contributed by atoms with Crippen molar-refractivity contribution in [3.8, 4) is 11.4 Å². The van der Waals surface area contributed by atoms with E-state index in [1.54, 1.807) is 0 Å². The van der Waals surface area contributed by atoms with E-state index in [1.807, 2.05) is 37.3 Å². The molecule has 11 heteroatoms. The smallest absolute Gasteiger partial charge is 0.419 e. The van der Waals surface area contributed by atoms with Gasteiger partial charge in [0.05, 0.1) is 36.7 Å². The average molecular weight is 532 g/mol. The summed E-state index contributed by atoms with van der Waals surface area (Å²) in [5.74, 6) is 0.298. The summed E-state index contributed by atoms with van der Waals surface area (Å²) in [4.78, 5) is 4.44. The summed E-state index contributed by atoms with van der Waals surface area (Å²) in [6.07, 6.45) is -3.25. The lowest BCUT2D eigenvalue weighted by Crippen LogP contribution is -2.68. The molecule has 0 spiro atoms. The molecule has 0 amide bonds. The number of benzene rings is 2. The van der Waals surface area contributed by atoms with Gasteiger partial charge >= 0.3 is 6.18 Å². The number of nitrogens with zero attached hydrogens (tertiary/aromatic N) is 3. The van der Waals surface area contributed by atoms with Crippen LogP contribution >= 0.6 is 0 Å². The molecule has 2 aromatic carbocycles. The Balaban J connectivity index is 1.60. The second-order valence-electron chi connectivity index (χ2n) is 9.26. The first-order valence-electron chi connectivity index (χ1n) is 11.9. The third-order valence-corrected chi connectivity index (χ3v) is 6.56. The largest absolute Gasteiger partial charge is 0.496 e. The van der Waals surface area contributed by atoms with Crippen molar-refractivity contribution in [2.45, 2.75) is 44.1 Å². The number of halogens is 4. The van der Waals surface area contributed by atoms with Gasteiger partial charge in [0, 0.05) is 24.1 Å². The maximum Gasteiger partial charge on any atom is 0.419 e. The van der Waals surface area contributed by atoms with E-state index in [-0.39, 0.29) is 17.0 Å². The van der Waals surface area contributed by atoms with Crippen molar-refractivity contribution in [1.29, 1.82) is 0 Å². The summed E-state index contributed by atoms with van der Waals surface area (Å²) in [6, 6.07) is 12.8. The molecule has 1 fully saturated rings. The molecule has 0 saturated carbocycles. The lowest BCUT2D eigenvalue weighted by molar-refractivity contribution is -0.382. The van der Waals surface area contributed by atoms with Crippen molar-refractivity contribution in [2.24, 2.45) is 10.7 Å². The Labute approximate surface area is 218 Å². The van der Waals surface area contributed by atoms with E-state index in [2.05, 4.69) is 22.0 Å². The molecule has 0 radical (unpaired) electrons. The number of methoxy groups -OCH3 is 1. The van der Waals surface area contributed by atoms with Crippen molar-refractivity contribution in [3.05, 3.63) is 78.3 Å². The predicted octanol–water partition coefficient (Wildman–Crippen LogP) is 5.62. The number of aromatic nitrogens is 2. The first-order valence-corrected chi connectivity index (χ1v) is 11.9. The lowest BCUT2D eigenvalue weighted by Gasteiger charge is -2.55. The Morgan fingerprint density at radius 3 is 2.55 bits per heavy atom. The van der Waals surface area contributed by atoms with Crippen LogP contribution in [0.3, 0.4) is 0 Å². The van der Waals surface area contributed by atoms with Crippen LogP contribution in [0.1, 0.15) is 37.8 Å². The second-order valence-corrected chi connectivity index (χ2v) is 9.26. The number of hydrogen-bond acceptors (Lipinski definition) is 5. The van der Waals surface area contributed by atoms with Gasteiger partial charge in [-0.2, -0.15) is 18.3 Å². The fourth-order valence-corrected chi connectivity index (χ4v) is 4.55. The summed E-state index contributed by atoms with van der Waals surface area (Å²) < 4.78 is 69.2. The highest BCUT2D eigenvalue weighted by atomic mass is 19.4. The number of alkyl halides is 3. The first kappa shape index (κ1) is 27.2. The van der Waals surface area contributed by atoms with E-state index in [4.69, 9.17) is 15.2 Å². The zero-order valence-corrected chi connectivity index (χ0v) is 21.3. The fraction of sp³-hybridized carbons (Fsp3) is 0.333. The molecule has 3 N–H and O–H groups in total. The Kier molecular flexibility index (Phi) is 7.24. The van der Waals surface area contributed by atoms with Crippen LogP contribution in [0.5, 0.6) is 5.75 Å². The number of hydrogen-bond donors (Lipinski definition) is 2. The highest BCUT2D eigenvalue weighted by molar-refractivity contribution is 5.84. The highest BCUT2D eigenvalue weighted by Crippen LogP contribution is 2.57. The van der Waals surface area contributed by atoms with Crippen LogP contribution < -0.4 is 15.8 Å². The molecular formula is C27H29F4N5O2. The molecule has 38 heavy (non-hydrogen) atoms. The molecule has 0 bridgehead atoms. The van der Waals surface area contributed by atoms with E-state index in [9.17, 15) is 17.6 Å². The molecule has 2 atom stereocenters. The van der Waals surface area contributed by atoms with Crippen LogP contribution in [0, 0.1) is 5.82 Å². The molecule has 2 heterocycles. The van der Waals surface area contributed by atoms with Gasteiger partial charge in [-0.3, -0.25) is 0 Å². The van der Waals surface area contributed by atoms with E-state index >= 15 is 0 Å². The number of nitrogens with two attached hydrogens (primary N) is 1. The molecule has 1 saturated heterocycles. The molecule has 202 valence electrons. The summed E-state index contributed by atoms with van der Waals surface area (Å²) in [6.45, 7) is 6.62. The topological polar surface area (TPSA) is 86.7 Å². The maximum atomic E-state index is 14.3. The van der Waals surface area contributed by atoms with Crippen LogP contribution in [0.2, 0.25) is 0 Å². The zero-order chi connectivity index (χ0) is 27.7. The molecule has 0 aliphatic carbocycles. The number of amidine groups is 1. The predicted molar refractivity (Wildman–Crippen MR) is 137 cm³/mol. The Morgan fingerprint density at radius 1 is 1.26 bits per heavy atom. The third-order valence-electron chi connectivity index (χ3n) is 6.56. The van der Waals surface area contributed by atoms with Gasteiger partial charge in [-0.1, -0.05) is 31.7 Å². The van der Waals surface area contributed by atoms with Crippen LogP contribution in [0.25, 0.3) is 11.4 Å². The van der Waals surface area contributed by atoms with Crippen molar-refractivity contribution < 1.29 is 27.0 Å². The fourth-order valence-electron chi connectivity index (χ4n) is 4.55. The molecule has 1 aliphatic rings. The third kappa shape index (κ3) is 4.98. The Bertz CT molecular complexity index is 1350. The highest BCUT2D eigenvalue weighted by Gasteiger charge is 2.68. The minimum atomic E-state index is -4.72. The molecular weight excluding hydrogens is 502 g/mol. The van der Waals surface area contributed by atoms with Crippen LogP contribution in [-0.4, -0.2) is 41.0 Å². The average Bonchev–Trinajstić information content (AvgIpc) is 3.28. The SMILES string of the molecule is C=C(NCC1(C(F)(F)F)CC(C)(c2cc(F)ccc2OC)O1)c1cnn(-c2ccccc2)c1/N=C(\N)CC. The van der Waals surface area contributed by atoms with Gasteiger partial charge in [-0.05, 0) is 37.3 Å². The van der Waals surface area contributed by atoms with E-state index in [0.29, 0.717) is 29.3 Å². The summed E-state index contributed by atoms with van der Waals surface area (Å²) in [7, 11) is 1.36. The quantitative estimate of drug-likeness (QED) is 0.213.